The van der Waals surface area contributed by atoms with Crippen LogP contribution in [0.4, 0.5) is 18.9 Å². The van der Waals surface area contributed by atoms with E-state index in [2.05, 4.69) is 21.2 Å². The highest BCUT2D eigenvalue weighted by Crippen LogP contribution is 2.22. The van der Waals surface area contributed by atoms with Gasteiger partial charge >= 0.3 is 0 Å². The Bertz CT molecular complexity index is 612. The van der Waals surface area contributed by atoms with Crippen molar-refractivity contribution in [2.24, 2.45) is 0 Å². The number of amides is 1. The molecule has 0 aliphatic rings. The van der Waals surface area contributed by atoms with Crippen molar-refractivity contribution in [2.75, 3.05) is 5.32 Å². The number of anilines is 1. The first kappa shape index (κ1) is 12.7. The van der Waals surface area contributed by atoms with E-state index in [4.69, 9.17) is 4.42 Å². The lowest BCUT2D eigenvalue weighted by atomic mass is 10.2. The van der Waals surface area contributed by atoms with Crippen molar-refractivity contribution in [3.05, 3.63) is 52.1 Å². The van der Waals surface area contributed by atoms with Crippen molar-refractivity contribution < 1.29 is 22.4 Å². The molecule has 18 heavy (non-hydrogen) atoms. The highest BCUT2D eigenvalue weighted by molar-refractivity contribution is 9.10. The summed E-state index contributed by atoms with van der Waals surface area (Å²) in [5, 5.41) is 2.05. The van der Waals surface area contributed by atoms with E-state index in [1.54, 1.807) is 0 Å². The summed E-state index contributed by atoms with van der Waals surface area (Å²) < 4.78 is 44.1. The lowest BCUT2D eigenvalue weighted by molar-refractivity contribution is 0.102. The van der Waals surface area contributed by atoms with Crippen LogP contribution < -0.4 is 5.32 Å². The zero-order valence-electron chi connectivity index (χ0n) is 8.64. The van der Waals surface area contributed by atoms with Crippen molar-refractivity contribution in [3.8, 4) is 0 Å². The van der Waals surface area contributed by atoms with Crippen LogP contribution in [0.25, 0.3) is 0 Å². The predicted octanol–water partition coefficient (Wildman–Crippen LogP) is 3.71. The third-order valence-electron chi connectivity index (χ3n) is 2.10. The van der Waals surface area contributed by atoms with E-state index >= 15 is 0 Å². The number of hydrogen-bond donors (Lipinski definition) is 1. The maximum absolute atomic E-state index is 13.3. The quantitative estimate of drug-likeness (QED) is 0.857. The Morgan fingerprint density at radius 3 is 2.61 bits per heavy atom. The fourth-order valence-electron chi connectivity index (χ4n) is 1.29. The Morgan fingerprint density at radius 2 is 2.00 bits per heavy atom. The number of carbonyl (C=O) groups is 1. The smallest absolute Gasteiger partial charge is 0.260 e. The van der Waals surface area contributed by atoms with Crippen molar-refractivity contribution in [3.63, 3.8) is 0 Å². The molecule has 1 aromatic heterocycles. The molecule has 0 aliphatic heterocycles. The van der Waals surface area contributed by atoms with Gasteiger partial charge in [0.25, 0.3) is 5.91 Å². The van der Waals surface area contributed by atoms with Gasteiger partial charge in [-0.15, -0.1) is 0 Å². The molecule has 7 heteroatoms. The summed E-state index contributed by atoms with van der Waals surface area (Å²) in [4.78, 5) is 11.7. The van der Waals surface area contributed by atoms with Crippen LogP contribution in [0.15, 0.2) is 33.5 Å². The van der Waals surface area contributed by atoms with Gasteiger partial charge in [0.05, 0.1) is 17.5 Å². The molecular weight excluding hydrogens is 315 g/mol. The van der Waals surface area contributed by atoms with Crippen LogP contribution in [-0.4, -0.2) is 5.91 Å². The highest BCUT2D eigenvalue weighted by atomic mass is 79.9. The summed E-state index contributed by atoms with van der Waals surface area (Å²) in [6.07, 6.45) is 1.24. The topological polar surface area (TPSA) is 42.2 Å². The molecule has 0 atom stereocenters. The van der Waals surface area contributed by atoms with Crippen molar-refractivity contribution in [1.29, 1.82) is 0 Å². The average Bonchev–Trinajstić information content (AvgIpc) is 2.71. The van der Waals surface area contributed by atoms with Crippen LogP contribution in [0.5, 0.6) is 0 Å². The van der Waals surface area contributed by atoms with E-state index in [0.717, 1.165) is 0 Å². The molecule has 0 spiro atoms. The maximum atomic E-state index is 13.3. The summed E-state index contributed by atoms with van der Waals surface area (Å²) >= 11 is 2.96. The van der Waals surface area contributed by atoms with E-state index in [0.29, 0.717) is 12.1 Å². The summed E-state index contributed by atoms with van der Waals surface area (Å²) in [7, 11) is 0. The van der Waals surface area contributed by atoms with Gasteiger partial charge in [-0.2, -0.15) is 0 Å². The zero-order valence-corrected chi connectivity index (χ0v) is 10.2. The van der Waals surface area contributed by atoms with Crippen LogP contribution in [0.2, 0.25) is 0 Å². The molecule has 0 unspecified atom stereocenters. The second kappa shape index (κ2) is 4.85. The maximum Gasteiger partial charge on any atom is 0.260 e. The number of carbonyl (C=O) groups excluding carboxylic acids is 1. The molecule has 0 saturated heterocycles. The van der Waals surface area contributed by atoms with Crippen molar-refractivity contribution in [1.82, 2.24) is 0 Å². The Hall–Kier alpha value is -1.76. The van der Waals surface area contributed by atoms with Gasteiger partial charge in [-0.05, 0) is 22.0 Å². The molecule has 2 rings (SSSR count). The van der Waals surface area contributed by atoms with E-state index in [9.17, 15) is 18.0 Å². The molecule has 0 saturated carbocycles. The average molecular weight is 320 g/mol. The molecular formula is C11H5BrF3NO2. The molecule has 1 N–H and O–H groups in total. The fraction of sp³-hybridized carbons (Fsp3) is 0. The number of nitrogens with one attached hydrogen (secondary N) is 1. The van der Waals surface area contributed by atoms with E-state index in [-0.39, 0.29) is 10.2 Å². The van der Waals surface area contributed by atoms with E-state index in [1.165, 1.54) is 12.3 Å². The number of furan rings is 1. The number of halogens is 4. The fourth-order valence-corrected chi connectivity index (χ4v) is 1.71. The molecule has 2 aromatic rings. The summed E-state index contributed by atoms with van der Waals surface area (Å²) in [6.45, 7) is 0. The molecule has 1 aromatic carbocycles. The van der Waals surface area contributed by atoms with Gasteiger partial charge in [-0.25, -0.2) is 13.2 Å². The Balaban J connectivity index is 2.30. The van der Waals surface area contributed by atoms with Gasteiger partial charge in [0.1, 0.15) is 5.82 Å². The molecule has 0 radical (unpaired) electrons. The molecule has 3 nitrogen and oxygen atoms in total. The van der Waals surface area contributed by atoms with Crippen molar-refractivity contribution in [2.45, 2.75) is 0 Å². The number of benzene rings is 1. The minimum absolute atomic E-state index is 0.0825. The minimum Gasteiger partial charge on any atom is -0.457 e. The Labute approximate surface area is 108 Å². The van der Waals surface area contributed by atoms with Gasteiger partial charge in [0.15, 0.2) is 16.3 Å². The van der Waals surface area contributed by atoms with Crippen LogP contribution in [-0.2, 0) is 0 Å². The van der Waals surface area contributed by atoms with Crippen LogP contribution in [0.1, 0.15) is 10.4 Å². The number of rotatable bonds is 2. The lowest BCUT2D eigenvalue weighted by Gasteiger charge is -2.06. The van der Waals surface area contributed by atoms with Gasteiger partial charge in [0.2, 0.25) is 0 Å². The SMILES string of the molecule is O=C(Nc1cc(F)cc(F)c1F)c1ccoc1Br. The third kappa shape index (κ3) is 2.40. The second-order valence-corrected chi connectivity index (χ2v) is 4.03. The highest BCUT2D eigenvalue weighted by Gasteiger charge is 2.17. The van der Waals surface area contributed by atoms with Crippen LogP contribution in [0.3, 0.4) is 0 Å². The lowest BCUT2D eigenvalue weighted by Crippen LogP contribution is -2.13. The van der Waals surface area contributed by atoms with Gasteiger partial charge in [0, 0.05) is 12.1 Å². The van der Waals surface area contributed by atoms with E-state index in [1.807, 2.05) is 0 Å². The third-order valence-corrected chi connectivity index (χ3v) is 2.72. The van der Waals surface area contributed by atoms with Crippen LogP contribution >= 0.6 is 15.9 Å². The van der Waals surface area contributed by atoms with Gasteiger partial charge in [-0.3, -0.25) is 4.79 Å². The van der Waals surface area contributed by atoms with Crippen LogP contribution in [0, 0.1) is 17.5 Å². The first-order valence-electron chi connectivity index (χ1n) is 4.68. The van der Waals surface area contributed by atoms with Gasteiger partial charge < -0.3 is 9.73 Å². The number of hydrogen-bond acceptors (Lipinski definition) is 2. The predicted molar refractivity (Wildman–Crippen MR) is 60.7 cm³/mol. The molecule has 1 amide bonds. The molecule has 1 heterocycles. The normalized spacial score (nSPS) is 10.4. The van der Waals surface area contributed by atoms with Gasteiger partial charge in [-0.1, -0.05) is 0 Å². The Morgan fingerprint density at radius 1 is 1.28 bits per heavy atom. The minimum atomic E-state index is -1.38. The first-order valence-corrected chi connectivity index (χ1v) is 5.47. The van der Waals surface area contributed by atoms with E-state index < -0.39 is 29.0 Å². The monoisotopic (exact) mass is 319 g/mol. The molecule has 94 valence electrons. The zero-order chi connectivity index (χ0) is 13.3. The standard InChI is InChI=1S/C11H5BrF3NO2/c12-10-6(1-2-18-10)11(17)16-8-4-5(13)3-7(14)9(8)15/h1-4H,(H,16,17). The summed E-state index contributed by atoms with van der Waals surface area (Å²) in [6, 6.07) is 2.40. The van der Waals surface area contributed by atoms with Crippen molar-refractivity contribution >= 4 is 27.5 Å². The largest absolute Gasteiger partial charge is 0.457 e. The molecule has 0 bridgehead atoms. The summed E-state index contributed by atoms with van der Waals surface area (Å²) in [5.41, 5.74) is -0.496. The summed E-state index contributed by atoms with van der Waals surface area (Å²) in [5.74, 6) is -4.45. The molecule has 0 aliphatic carbocycles. The first-order chi connectivity index (χ1) is 8.49. The molecule has 0 fully saturated rings. The second-order valence-electron chi connectivity index (χ2n) is 3.31. The Kier molecular flexibility index (Phi) is 3.42.